The van der Waals surface area contributed by atoms with Crippen molar-refractivity contribution in [2.24, 2.45) is 0 Å². The SMILES string of the molecule is CN(C(=O)OC(C)(C)C)c1ccc2ncc(-c3cccnc3)n2c1. The summed E-state index contributed by atoms with van der Waals surface area (Å²) in [4.78, 5) is 22.3. The van der Waals surface area contributed by atoms with Crippen molar-refractivity contribution in [2.75, 3.05) is 11.9 Å². The fraction of sp³-hybridized carbons (Fsp3) is 0.278. The molecule has 0 aliphatic heterocycles. The second kappa shape index (κ2) is 5.96. The number of rotatable bonds is 2. The minimum Gasteiger partial charge on any atom is -0.443 e. The normalized spacial score (nSPS) is 11.5. The molecule has 6 nitrogen and oxygen atoms in total. The molecule has 124 valence electrons. The number of hydrogen-bond acceptors (Lipinski definition) is 4. The average Bonchev–Trinajstić information content (AvgIpc) is 2.96. The van der Waals surface area contributed by atoms with E-state index in [2.05, 4.69) is 9.97 Å². The molecule has 0 N–H and O–H groups in total. The Bertz CT molecular complexity index is 866. The number of fused-ring (bicyclic) bond motifs is 1. The first kappa shape index (κ1) is 16.0. The van der Waals surface area contributed by atoms with Crippen LogP contribution in [0.15, 0.2) is 49.1 Å². The van der Waals surface area contributed by atoms with Crippen molar-refractivity contribution >= 4 is 17.4 Å². The van der Waals surface area contributed by atoms with Crippen LogP contribution >= 0.6 is 0 Å². The number of carbonyl (C=O) groups excluding carboxylic acids is 1. The predicted octanol–water partition coefficient (Wildman–Crippen LogP) is 3.77. The van der Waals surface area contributed by atoms with Crippen LogP contribution in [-0.4, -0.2) is 33.1 Å². The van der Waals surface area contributed by atoms with Gasteiger partial charge >= 0.3 is 6.09 Å². The molecule has 0 saturated carbocycles. The molecule has 0 aromatic carbocycles. The van der Waals surface area contributed by atoms with Crippen molar-refractivity contribution in [1.29, 1.82) is 0 Å². The highest BCUT2D eigenvalue weighted by Crippen LogP contribution is 2.23. The van der Waals surface area contributed by atoms with Gasteiger partial charge in [-0.1, -0.05) is 0 Å². The number of carbonyl (C=O) groups is 1. The van der Waals surface area contributed by atoms with Gasteiger partial charge in [-0.25, -0.2) is 9.78 Å². The zero-order valence-electron chi connectivity index (χ0n) is 14.2. The van der Waals surface area contributed by atoms with Gasteiger partial charge in [-0.2, -0.15) is 0 Å². The van der Waals surface area contributed by atoms with Crippen LogP contribution in [0.3, 0.4) is 0 Å². The lowest BCUT2D eigenvalue weighted by Gasteiger charge is -2.24. The van der Waals surface area contributed by atoms with E-state index in [0.717, 1.165) is 22.6 Å². The molecule has 0 aliphatic rings. The lowest BCUT2D eigenvalue weighted by molar-refractivity contribution is 0.0589. The van der Waals surface area contributed by atoms with E-state index in [1.54, 1.807) is 25.6 Å². The molecule has 0 saturated heterocycles. The molecule has 0 radical (unpaired) electrons. The number of hydrogen-bond donors (Lipinski definition) is 0. The van der Waals surface area contributed by atoms with Crippen LogP contribution in [-0.2, 0) is 4.74 Å². The van der Waals surface area contributed by atoms with Crippen LogP contribution in [0, 0.1) is 0 Å². The minimum atomic E-state index is -0.536. The Hall–Kier alpha value is -2.89. The molecule has 6 heteroatoms. The second-order valence-electron chi connectivity index (χ2n) is 6.54. The Kier molecular flexibility index (Phi) is 3.97. The summed E-state index contributed by atoms with van der Waals surface area (Å²) in [6.45, 7) is 5.54. The van der Waals surface area contributed by atoms with Gasteiger partial charge in [0, 0.05) is 31.2 Å². The molecule has 1 amide bonds. The predicted molar refractivity (Wildman–Crippen MR) is 93.1 cm³/mol. The van der Waals surface area contributed by atoms with Gasteiger partial charge in [-0.3, -0.25) is 14.3 Å². The van der Waals surface area contributed by atoms with Gasteiger partial charge in [-0.15, -0.1) is 0 Å². The zero-order valence-corrected chi connectivity index (χ0v) is 14.2. The van der Waals surface area contributed by atoms with Gasteiger partial charge in [-0.05, 0) is 45.0 Å². The van der Waals surface area contributed by atoms with E-state index in [9.17, 15) is 4.79 Å². The van der Waals surface area contributed by atoms with E-state index >= 15 is 0 Å². The first-order valence-corrected chi connectivity index (χ1v) is 7.69. The lowest BCUT2D eigenvalue weighted by atomic mass is 10.2. The van der Waals surface area contributed by atoms with Crippen molar-refractivity contribution in [3.8, 4) is 11.3 Å². The molecule has 0 fully saturated rings. The Morgan fingerprint density at radius 2 is 2.00 bits per heavy atom. The number of nitrogens with zero attached hydrogens (tertiary/aromatic N) is 4. The van der Waals surface area contributed by atoms with E-state index in [1.165, 1.54) is 4.90 Å². The van der Waals surface area contributed by atoms with E-state index < -0.39 is 11.7 Å². The van der Waals surface area contributed by atoms with Crippen LogP contribution in [0.25, 0.3) is 16.9 Å². The number of amides is 1. The monoisotopic (exact) mass is 324 g/mol. The fourth-order valence-corrected chi connectivity index (χ4v) is 2.33. The number of imidazole rings is 1. The van der Waals surface area contributed by atoms with Gasteiger partial charge in [0.1, 0.15) is 11.2 Å². The molecule has 0 spiro atoms. The first-order valence-electron chi connectivity index (χ1n) is 7.69. The Balaban J connectivity index is 1.98. The Morgan fingerprint density at radius 1 is 1.21 bits per heavy atom. The average molecular weight is 324 g/mol. The van der Waals surface area contributed by atoms with Crippen LogP contribution < -0.4 is 4.90 Å². The summed E-state index contributed by atoms with van der Waals surface area (Å²) < 4.78 is 7.35. The molecule has 24 heavy (non-hydrogen) atoms. The van der Waals surface area contributed by atoms with Crippen molar-refractivity contribution in [1.82, 2.24) is 14.4 Å². The van der Waals surface area contributed by atoms with E-state index in [0.29, 0.717) is 0 Å². The summed E-state index contributed by atoms with van der Waals surface area (Å²) in [5.41, 5.74) is 2.86. The molecule has 0 bridgehead atoms. The maximum absolute atomic E-state index is 12.3. The maximum atomic E-state index is 12.3. The molecule has 0 atom stereocenters. The van der Waals surface area contributed by atoms with Crippen LogP contribution in [0.4, 0.5) is 10.5 Å². The third-order valence-corrected chi connectivity index (χ3v) is 3.50. The Morgan fingerprint density at radius 3 is 2.67 bits per heavy atom. The molecule has 0 unspecified atom stereocenters. The summed E-state index contributed by atoms with van der Waals surface area (Å²) in [6.07, 6.45) is 6.78. The van der Waals surface area contributed by atoms with Crippen molar-refractivity contribution in [3.05, 3.63) is 49.1 Å². The highest BCUT2D eigenvalue weighted by atomic mass is 16.6. The van der Waals surface area contributed by atoms with Gasteiger partial charge in [0.05, 0.1) is 17.6 Å². The summed E-state index contributed by atoms with van der Waals surface area (Å²) >= 11 is 0. The van der Waals surface area contributed by atoms with Crippen molar-refractivity contribution < 1.29 is 9.53 Å². The third kappa shape index (κ3) is 3.22. The second-order valence-corrected chi connectivity index (χ2v) is 6.54. The van der Waals surface area contributed by atoms with Crippen LogP contribution in [0.5, 0.6) is 0 Å². The van der Waals surface area contributed by atoms with Crippen LogP contribution in [0.1, 0.15) is 20.8 Å². The number of aromatic nitrogens is 3. The number of anilines is 1. The summed E-state index contributed by atoms with van der Waals surface area (Å²) in [6, 6.07) is 7.57. The molecule has 3 aromatic rings. The summed E-state index contributed by atoms with van der Waals surface area (Å²) in [7, 11) is 1.69. The van der Waals surface area contributed by atoms with E-state index in [1.807, 2.05) is 55.6 Å². The quantitative estimate of drug-likeness (QED) is 0.720. The van der Waals surface area contributed by atoms with Gasteiger partial charge < -0.3 is 4.74 Å². The van der Waals surface area contributed by atoms with Gasteiger partial charge in [0.15, 0.2) is 0 Å². The summed E-state index contributed by atoms with van der Waals surface area (Å²) in [5.74, 6) is 0. The molecule has 0 aliphatic carbocycles. The molecular formula is C18H20N4O2. The summed E-state index contributed by atoms with van der Waals surface area (Å²) in [5, 5.41) is 0. The zero-order chi connectivity index (χ0) is 17.3. The minimum absolute atomic E-state index is 0.398. The fourth-order valence-electron chi connectivity index (χ4n) is 2.33. The molecule has 3 heterocycles. The van der Waals surface area contributed by atoms with Crippen molar-refractivity contribution in [3.63, 3.8) is 0 Å². The Labute approximate surface area is 140 Å². The van der Waals surface area contributed by atoms with Gasteiger partial charge in [0.2, 0.25) is 0 Å². The topological polar surface area (TPSA) is 59.7 Å². The van der Waals surface area contributed by atoms with Crippen LogP contribution in [0.2, 0.25) is 0 Å². The standard InChI is InChI=1S/C18H20N4O2/c1-18(2,3)24-17(23)21(4)14-7-8-16-20-11-15(22(16)12-14)13-6-5-9-19-10-13/h5-12H,1-4H3. The molecule has 3 aromatic heterocycles. The van der Waals surface area contributed by atoms with E-state index in [-0.39, 0.29) is 0 Å². The van der Waals surface area contributed by atoms with Crippen molar-refractivity contribution in [2.45, 2.75) is 26.4 Å². The number of pyridine rings is 2. The highest BCUT2D eigenvalue weighted by Gasteiger charge is 2.21. The van der Waals surface area contributed by atoms with E-state index in [4.69, 9.17) is 4.74 Å². The van der Waals surface area contributed by atoms with Gasteiger partial charge in [0.25, 0.3) is 0 Å². The third-order valence-electron chi connectivity index (χ3n) is 3.50. The smallest absolute Gasteiger partial charge is 0.414 e. The highest BCUT2D eigenvalue weighted by molar-refractivity contribution is 5.87. The number of ether oxygens (including phenoxy) is 1. The largest absolute Gasteiger partial charge is 0.443 e. The maximum Gasteiger partial charge on any atom is 0.414 e. The molecular weight excluding hydrogens is 304 g/mol. The first-order chi connectivity index (χ1) is 11.3. The lowest BCUT2D eigenvalue weighted by Crippen LogP contribution is -2.34. The molecule has 3 rings (SSSR count).